The molecule has 0 amide bonds. The number of fused-ring (bicyclic) bond motifs is 2. The lowest BCUT2D eigenvalue weighted by Crippen LogP contribution is -2.46. The van der Waals surface area contributed by atoms with Crippen molar-refractivity contribution >= 4 is 5.78 Å². The molecule has 3 aliphatic carbocycles. The molecular formula is C11H16O2. The molecule has 3 unspecified atom stereocenters. The summed E-state index contributed by atoms with van der Waals surface area (Å²) in [5.41, 5.74) is -0.433. The zero-order valence-electron chi connectivity index (χ0n) is 7.99. The maximum Gasteiger partial charge on any atom is 0.138 e. The Morgan fingerprint density at radius 2 is 2.31 bits per heavy atom. The van der Waals surface area contributed by atoms with Crippen LogP contribution < -0.4 is 0 Å². The minimum absolute atomic E-state index is 0.0217. The third kappa shape index (κ3) is 1.16. The Labute approximate surface area is 78.6 Å². The van der Waals surface area contributed by atoms with Crippen LogP contribution in [-0.2, 0) is 4.79 Å². The van der Waals surface area contributed by atoms with Crippen molar-refractivity contribution < 1.29 is 9.90 Å². The van der Waals surface area contributed by atoms with Gasteiger partial charge in [-0.3, -0.25) is 4.79 Å². The smallest absolute Gasteiger partial charge is 0.138 e. The highest BCUT2D eigenvalue weighted by molar-refractivity contribution is 5.83. The van der Waals surface area contributed by atoms with Gasteiger partial charge < -0.3 is 5.11 Å². The first-order valence-corrected chi connectivity index (χ1v) is 4.99. The fraction of sp³-hybridized carbons (Fsp3) is 0.727. The molecule has 1 N–H and O–H groups in total. The van der Waals surface area contributed by atoms with Gasteiger partial charge >= 0.3 is 0 Å². The van der Waals surface area contributed by atoms with Crippen LogP contribution in [0.1, 0.15) is 26.2 Å². The van der Waals surface area contributed by atoms with Crippen molar-refractivity contribution in [1.82, 2.24) is 0 Å². The summed E-state index contributed by atoms with van der Waals surface area (Å²) in [5.74, 6) is 0.982. The van der Waals surface area contributed by atoms with Crippen molar-refractivity contribution in [3.05, 3.63) is 12.2 Å². The number of rotatable bonds is 2. The molecule has 1 saturated carbocycles. The Morgan fingerprint density at radius 1 is 1.54 bits per heavy atom. The number of ketones is 1. The van der Waals surface area contributed by atoms with Crippen LogP contribution in [0.3, 0.4) is 0 Å². The van der Waals surface area contributed by atoms with E-state index in [-0.39, 0.29) is 12.4 Å². The number of allylic oxidation sites excluding steroid dienone is 2. The highest BCUT2D eigenvalue weighted by Gasteiger charge is 2.47. The average molecular weight is 180 g/mol. The second-order valence-electron chi connectivity index (χ2n) is 4.40. The maximum absolute atomic E-state index is 11.5. The summed E-state index contributed by atoms with van der Waals surface area (Å²) in [6.07, 6.45) is 7.47. The second-order valence-corrected chi connectivity index (χ2v) is 4.40. The van der Waals surface area contributed by atoms with Crippen LogP contribution in [-0.4, -0.2) is 17.5 Å². The van der Waals surface area contributed by atoms with E-state index in [4.69, 9.17) is 0 Å². The summed E-state index contributed by atoms with van der Waals surface area (Å²) in [6, 6.07) is 0. The van der Waals surface area contributed by atoms with Gasteiger partial charge in [-0.25, -0.2) is 0 Å². The fourth-order valence-electron chi connectivity index (χ4n) is 2.83. The maximum atomic E-state index is 11.5. The van der Waals surface area contributed by atoms with E-state index in [9.17, 15) is 9.90 Å². The first-order chi connectivity index (χ1) is 6.19. The molecule has 2 bridgehead atoms. The van der Waals surface area contributed by atoms with E-state index in [2.05, 4.69) is 12.2 Å². The van der Waals surface area contributed by atoms with Crippen molar-refractivity contribution in [2.24, 2.45) is 17.3 Å². The van der Waals surface area contributed by atoms with Gasteiger partial charge in [-0.15, -0.1) is 0 Å². The molecule has 3 aliphatic rings. The number of carbonyl (C=O) groups is 1. The van der Waals surface area contributed by atoms with Crippen LogP contribution in [0.15, 0.2) is 12.2 Å². The SMILES string of the molecule is CC(=O)C1(CO)CC2C=CC1CC2. The summed E-state index contributed by atoms with van der Waals surface area (Å²) in [5, 5.41) is 9.38. The number of Topliss-reactive ketones (excluding diaryl/α,β-unsaturated/α-hetero) is 1. The molecule has 0 aliphatic heterocycles. The van der Waals surface area contributed by atoms with E-state index < -0.39 is 5.41 Å². The second kappa shape index (κ2) is 2.95. The van der Waals surface area contributed by atoms with E-state index in [0.717, 1.165) is 12.8 Å². The largest absolute Gasteiger partial charge is 0.395 e. The average Bonchev–Trinajstić information content (AvgIpc) is 2.19. The van der Waals surface area contributed by atoms with Crippen molar-refractivity contribution in [3.8, 4) is 0 Å². The summed E-state index contributed by atoms with van der Waals surface area (Å²) >= 11 is 0. The Hall–Kier alpha value is -0.630. The summed E-state index contributed by atoms with van der Waals surface area (Å²) in [7, 11) is 0. The Bertz CT molecular complexity index is 257. The van der Waals surface area contributed by atoms with Crippen LogP contribution in [0, 0.1) is 17.3 Å². The van der Waals surface area contributed by atoms with Crippen molar-refractivity contribution in [2.45, 2.75) is 26.2 Å². The molecule has 0 radical (unpaired) electrons. The first kappa shape index (κ1) is 8.95. The van der Waals surface area contributed by atoms with Gasteiger partial charge in [-0.05, 0) is 38.0 Å². The number of hydrogen-bond acceptors (Lipinski definition) is 2. The standard InChI is InChI=1S/C11H16O2/c1-8(13)11(7-12)6-9-2-4-10(11)5-3-9/h2,4,9-10,12H,3,5-7H2,1H3. The van der Waals surface area contributed by atoms with Crippen molar-refractivity contribution in [2.75, 3.05) is 6.61 Å². The van der Waals surface area contributed by atoms with Gasteiger partial charge in [-0.1, -0.05) is 12.2 Å². The third-order valence-corrected chi connectivity index (χ3v) is 3.78. The quantitative estimate of drug-likeness (QED) is 0.654. The molecule has 0 saturated heterocycles. The number of carbonyl (C=O) groups excluding carboxylic acids is 1. The minimum atomic E-state index is -0.433. The molecule has 2 heteroatoms. The van der Waals surface area contributed by atoms with Crippen LogP contribution in [0.2, 0.25) is 0 Å². The van der Waals surface area contributed by atoms with Crippen LogP contribution in [0.25, 0.3) is 0 Å². The molecule has 13 heavy (non-hydrogen) atoms. The van der Waals surface area contributed by atoms with E-state index in [0.29, 0.717) is 11.8 Å². The van der Waals surface area contributed by atoms with Gasteiger partial charge in [0.2, 0.25) is 0 Å². The first-order valence-electron chi connectivity index (χ1n) is 4.99. The van der Waals surface area contributed by atoms with Gasteiger partial charge in [0.25, 0.3) is 0 Å². The molecule has 1 fully saturated rings. The Kier molecular flexibility index (Phi) is 2.03. The van der Waals surface area contributed by atoms with Gasteiger partial charge in [0.15, 0.2) is 0 Å². The fourth-order valence-corrected chi connectivity index (χ4v) is 2.83. The molecular weight excluding hydrogens is 164 g/mol. The highest BCUT2D eigenvalue weighted by atomic mass is 16.3. The topological polar surface area (TPSA) is 37.3 Å². The van der Waals surface area contributed by atoms with Gasteiger partial charge in [-0.2, -0.15) is 0 Å². The van der Waals surface area contributed by atoms with Gasteiger partial charge in [0, 0.05) is 0 Å². The zero-order valence-corrected chi connectivity index (χ0v) is 7.99. The lowest BCUT2D eigenvalue weighted by molar-refractivity contribution is -0.135. The predicted molar refractivity (Wildman–Crippen MR) is 50.2 cm³/mol. The molecule has 0 heterocycles. The normalized spacial score (nSPS) is 42.3. The lowest BCUT2D eigenvalue weighted by Gasteiger charge is -2.46. The molecule has 3 rings (SSSR count). The van der Waals surface area contributed by atoms with E-state index >= 15 is 0 Å². The van der Waals surface area contributed by atoms with Gasteiger partial charge in [0.1, 0.15) is 5.78 Å². The monoisotopic (exact) mass is 180 g/mol. The van der Waals surface area contributed by atoms with Gasteiger partial charge in [0.05, 0.1) is 12.0 Å². The number of aliphatic hydroxyl groups is 1. The lowest BCUT2D eigenvalue weighted by atomic mass is 9.58. The van der Waals surface area contributed by atoms with E-state index in [1.54, 1.807) is 6.92 Å². The molecule has 2 nitrogen and oxygen atoms in total. The highest BCUT2D eigenvalue weighted by Crippen LogP contribution is 2.49. The number of hydrogen-bond donors (Lipinski definition) is 1. The Balaban J connectivity index is 2.33. The number of aliphatic hydroxyl groups excluding tert-OH is 1. The minimum Gasteiger partial charge on any atom is -0.395 e. The van der Waals surface area contributed by atoms with Crippen LogP contribution in [0.5, 0.6) is 0 Å². The van der Waals surface area contributed by atoms with E-state index in [1.807, 2.05) is 0 Å². The van der Waals surface area contributed by atoms with Crippen LogP contribution >= 0.6 is 0 Å². The van der Waals surface area contributed by atoms with Crippen LogP contribution in [0.4, 0.5) is 0 Å². The summed E-state index contributed by atoms with van der Waals surface area (Å²) < 4.78 is 0. The third-order valence-electron chi connectivity index (χ3n) is 3.78. The molecule has 0 aromatic heterocycles. The molecule has 0 spiro atoms. The van der Waals surface area contributed by atoms with Crippen molar-refractivity contribution in [1.29, 1.82) is 0 Å². The molecule has 3 atom stereocenters. The van der Waals surface area contributed by atoms with Crippen molar-refractivity contribution in [3.63, 3.8) is 0 Å². The molecule has 0 aromatic rings. The Morgan fingerprint density at radius 3 is 2.54 bits per heavy atom. The molecule has 0 aromatic carbocycles. The predicted octanol–water partition coefficient (Wildman–Crippen LogP) is 1.54. The zero-order chi connectivity index (χ0) is 9.47. The summed E-state index contributed by atoms with van der Waals surface area (Å²) in [6.45, 7) is 1.64. The van der Waals surface area contributed by atoms with E-state index in [1.165, 1.54) is 6.42 Å². The summed E-state index contributed by atoms with van der Waals surface area (Å²) in [4.78, 5) is 11.5. The molecule has 72 valence electrons.